The van der Waals surface area contributed by atoms with Gasteiger partial charge in [-0.15, -0.1) is 0 Å². The number of aromatic nitrogens is 1. The number of hydrogen-bond donors (Lipinski definition) is 1. The van der Waals surface area contributed by atoms with Gasteiger partial charge in [0.1, 0.15) is 0 Å². The van der Waals surface area contributed by atoms with E-state index in [-0.39, 0.29) is 5.91 Å². The predicted octanol–water partition coefficient (Wildman–Crippen LogP) is 4.22. The van der Waals surface area contributed by atoms with Gasteiger partial charge in [-0.3, -0.25) is 4.79 Å². The van der Waals surface area contributed by atoms with Crippen molar-refractivity contribution < 1.29 is 13.2 Å². The summed E-state index contributed by atoms with van der Waals surface area (Å²) in [4.78, 5) is 16.0. The molecular formula is C20H21N3O3S2. The number of anilines is 1. The van der Waals surface area contributed by atoms with E-state index in [2.05, 4.69) is 10.3 Å². The molecule has 0 atom stereocenters. The molecule has 2 heterocycles. The monoisotopic (exact) mass is 415 g/mol. The summed E-state index contributed by atoms with van der Waals surface area (Å²) in [5, 5.41) is 3.25. The van der Waals surface area contributed by atoms with Crippen molar-refractivity contribution in [3.05, 3.63) is 42.0 Å². The second-order valence-electron chi connectivity index (χ2n) is 7.89. The van der Waals surface area contributed by atoms with Gasteiger partial charge in [-0.2, -0.15) is 4.31 Å². The standard InChI is InChI=1S/C20H21N3O3S2/c1-12(24)21-19-22-16-8-7-13(9-17(16)27-19)14-5-6-15-11-23(20(2,3)4)28(25,26)18(15)10-14/h5-10H,11H2,1-4H3,(H,21,22,24). The molecule has 1 aliphatic heterocycles. The van der Waals surface area contributed by atoms with Crippen LogP contribution in [-0.4, -0.2) is 29.2 Å². The zero-order chi connectivity index (χ0) is 20.3. The summed E-state index contributed by atoms with van der Waals surface area (Å²) in [6.45, 7) is 7.56. The molecule has 0 fully saturated rings. The summed E-state index contributed by atoms with van der Waals surface area (Å²) in [6, 6.07) is 11.4. The summed E-state index contributed by atoms with van der Waals surface area (Å²) in [5.74, 6) is -0.161. The number of fused-ring (bicyclic) bond motifs is 2. The van der Waals surface area contributed by atoms with Gasteiger partial charge in [-0.25, -0.2) is 13.4 Å². The third-order valence-electron chi connectivity index (χ3n) is 4.70. The van der Waals surface area contributed by atoms with E-state index in [4.69, 9.17) is 0 Å². The van der Waals surface area contributed by atoms with Crippen molar-refractivity contribution in [2.24, 2.45) is 0 Å². The molecule has 1 amide bonds. The van der Waals surface area contributed by atoms with Crippen LogP contribution in [0.15, 0.2) is 41.3 Å². The van der Waals surface area contributed by atoms with Gasteiger partial charge in [0.05, 0.1) is 15.1 Å². The first-order valence-electron chi connectivity index (χ1n) is 8.90. The number of thiazole rings is 1. The van der Waals surface area contributed by atoms with E-state index < -0.39 is 15.6 Å². The smallest absolute Gasteiger partial charge is 0.244 e. The summed E-state index contributed by atoms with van der Waals surface area (Å²) >= 11 is 1.39. The van der Waals surface area contributed by atoms with Gasteiger partial charge in [0.15, 0.2) is 5.13 Å². The lowest BCUT2D eigenvalue weighted by Crippen LogP contribution is -2.41. The molecule has 0 spiro atoms. The molecule has 8 heteroatoms. The average molecular weight is 416 g/mol. The third-order valence-corrected chi connectivity index (χ3v) is 7.83. The van der Waals surface area contributed by atoms with E-state index in [0.29, 0.717) is 16.6 Å². The maximum atomic E-state index is 13.0. The van der Waals surface area contributed by atoms with Gasteiger partial charge < -0.3 is 5.32 Å². The third kappa shape index (κ3) is 3.21. The molecule has 0 saturated carbocycles. The average Bonchev–Trinajstić information content (AvgIpc) is 3.10. The van der Waals surface area contributed by atoms with E-state index >= 15 is 0 Å². The Labute approximate surface area is 168 Å². The number of rotatable bonds is 2. The maximum Gasteiger partial charge on any atom is 0.244 e. The van der Waals surface area contributed by atoms with Crippen molar-refractivity contribution in [1.82, 2.24) is 9.29 Å². The lowest BCUT2D eigenvalue weighted by molar-refractivity contribution is -0.114. The van der Waals surface area contributed by atoms with Gasteiger partial charge in [0.2, 0.25) is 15.9 Å². The molecule has 2 aromatic carbocycles. The normalized spacial score (nSPS) is 16.3. The highest BCUT2D eigenvalue weighted by Gasteiger charge is 2.41. The molecule has 4 rings (SSSR count). The second kappa shape index (κ2) is 6.37. The molecule has 1 aromatic heterocycles. The molecule has 0 saturated heterocycles. The van der Waals surface area contributed by atoms with Crippen LogP contribution in [0, 0.1) is 0 Å². The predicted molar refractivity (Wildman–Crippen MR) is 112 cm³/mol. The highest BCUT2D eigenvalue weighted by molar-refractivity contribution is 7.89. The lowest BCUT2D eigenvalue weighted by atomic mass is 10.0. The van der Waals surface area contributed by atoms with Crippen LogP contribution in [0.1, 0.15) is 33.3 Å². The Kier molecular flexibility index (Phi) is 4.33. The van der Waals surface area contributed by atoms with Crippen LogP contribution in [-0.2, 0) is 21.4 Å². The van der Waals surface area contributed by atoms with E-state index in [1.165, 1.54) is 18.3 Å². The molecule has 6 nitrogen and oxygen atoms in total. The maximum absolute atomic E-state index is 13.0. The van der Waals surface area contributed by atoms with Crippen LogP contribution < -0.4 is 5.32 Å². The van der Waals surface area contributed by atoms with Crippen LogP contribution in [0.25, 0.3) is 21.3 Å². The Bertz CT molecular complexity index is 1210. The Balaban J connectivity index is 1.75. The van der Waals surface area contributed by atoms with Gasteiger partial charge in [-0.1, -0.05) is 29.5 Å². The number of carbonyl (C=O) groups excluding carboxylic acids is 1. The Morgan fingerprint density at radius 3 is 2.50 bits per heavy atom. The number of carbonyl (C=O) groups is 1. The fourth-order valence-corrected chi connectivity index (χ4v) is 6.33. The minimum atomic E-state index is -3.51. The van der Waals surface area contributed by atoms with Crippen LogP contribution in [0.2, 0.25) is 0 Å². The van der Waals surface area contributed by atoms with Crippen molar-refractivity contribution >= 4 is 42.6 Å². The van der Waals surface area contributed by atoms with Gasteiger partial charge in [-0.05, 0) is 55.7 Å². The minimum absolute atomic E-state index is 0.161. The van der Waals surface area contributed by atoms with Crippen molar-refractivity contribution in [1.29, 1.82) is 0 Å². The van der Waals surface area contributed by atoms with Crippen LogP contribution >= 0.6 is 11.3 Å². The number of amides is 1. The fourth-order valence-electron chi connectivity index (χ4n) is 3.37. The van der Waals surface area contributed by atoms with Crippen molar-refractivity contribution in [2.75, 3.05) is 5.32 Å². The fraction of sp³-hybridized carbons (Fsp3) is 0.300. The molecule has 0 unspecified atom stereocenters. The minimum Gasteiger partial charge on any atom is -0.302 e. The number of benzene rings is 2. The first-order valence-corrected chi connectivity index (χ1v) is 11.2. The van der Waals surface area contributed by atoms with E-state index in [0.717, 1.165) is 26.9 Å². The lowest BCUT2D eigenvalue weighted by Gasteiger charge is -2.29. The molecule has 1 N–H and O–H groups in total. The number of nitrogens with one attached hydrogen (secondary N) is 1. The van der Waals surface area contributed by atoms with Crippen molar-refractivity contribution in [2.45, 2.75) is 44.7 Å². The highest BCUT2D eigenvalue weighted by atomic mass is 32.2. The van der Waals surface area contributed by atoms with E-state index in [9.17, 15) is 13.2 Å². The molecule has 1 aliphatic rings. The van der Waals surface area contributed by atoms with Gasteiger partial charge in [0, 0.05) is 19.0 Å². The summed E-state index contributed by atoms with van der Waals surface area (Å²) in [6.07, 6.45) is 0. The van der Waals surface area contributed by atoms with Crippen LogP contribution in [0.3, 0.4) is 0 Å². The molecule has 28 heavy (non-hydrogen) atoms. The number of sulfonamides is 1. The summed E-state index contributed by atoms with van der Waals surface area (Å²) in [5.41, 5.74) is 2.91. The number of nitrogens with zero attached hydrogens (tertiary/aromatic N) is 2. The molecule has 0 aliphatic carbocycles. The summed E-state index contributed by atoms with van der Waals surface area (Å²) in [7, 11) is -3.51. The topological polar surface area (TPSA) is 79.4 Å². The quantitative estimate of drug-likeness (QED) is 0.679. The molecule has 3 aromatic rings. The van der Waals surface area contributed by atoms with E-state index in [1.807, 2.05) is 51.1 Å². The van der Waals surface area contributed by atoms with Gasteiger partial charge in [0.25, 0.3) is 0 Å². The first-order chi connectivity index (χ1) is 13.1. The van der Waals surface area contributed by atoms with Crippen molar-refractivity contribution in [3.63, 3.8) is 0 Å². The highest BCUT2D eigenvalue weighted by Crippen LogP contribution is 2.38. The largest absolute Gasteiger partial charge is 0.302 e. The Morgan fingerprint density at radius 2 is 1.82 bits per heavy atom. The van der Waals surface area contributed by atoms with Crippen LogP contribution in [0.5, 0.6) is 0 Å². The Morgan fingerprint density at radius 1 is 1.14 bits per heavy atom. The second-order valence-corrected chi connectivity index (χ2v) is 10.7. The SMILES string of the molecule is CC(=O)Nc1nc2ccc(-c3ccc4c(c3)S(=O)(=O)N(C(C)(C)C)C4)cc2s1. The zero-order valence-corrected chi connectivity index (χ0v) is 17.7. The zero-order valence-electron chi connectivity index (χ0n) is 16.1. The molecule has 146 valence electrons. The van der Waals surface area contributed by atoms with Gasteiger partial charge >= 0.3 is 0 Å². The van der Waals surface area contributed by atoms with Crippen molar-refractivity contribution in [3.8, 4) is 11.1 Å². The molecular weight excluding hydrogens is 394 g/mol. The number of hydrogen-bond acceptors (Lipinski definition) is 5. The van der Waals surface area contributed by atoms with E-state index in [1.54, 1.807) is 10.4 Å². The first kappa shape index (κ1) is 19.0. The molecule has 0 bridgehead atoms. The molecule has 0 radical (unpaired) electrons. The Hall–Kier alpha value is -2.29. The van der Waals surface area contributed by atoms with Crippen LogP contribution in [0.4, 0.5) is 5.13 Å². The summed E-state index contributed by atoms with van der Waals surface area (Å²) < 4.78 is 28.5.